The van der Waals surface area contributed by atoms with Gasteiger partial charge in [-0.25, -0.2) is 0 Å². The van der Waals surface area contributed by atoms with Gasteiger partial charge in [0, 0.05) is 18.2 Å². The van der Waals surface area contributed by atoms with E-state index in [-0.39, 0.29) is 12.0 Å². The number of rotatable bonds is 4. The number of carbonyl (C=O) groups excluding carboxylic acids is 1. The molecule has 1 heterocycles. The van der Waals surface area contributed by atoms with Crippen molar-refractivity contribution in [1.82, 2.24) is 9.78 Å². The molecule has 2 aliphatic rings. The standard InChI is InChI=1S/C15H23N3O/c16-12-6-5-11(9-12)15(19)10-13-7-8-18(17-13)14-3-1-2-4-14/h7-8,11-12,14H,1-6,9-10,16H2. The summed E-state index contributed by atoms with van der Waals surface area (Å²) in [7, 11) is 0. The Kier molecular flexibility index (Phi) is 3.69. The summed E-state index contributed by atoms with van der Waals surface area (Å²) in [6.45, 7) is 0. The fourth-order valence-electron chi connectivity index (χ4n) is 3.48. The van der Waals surface area contributed by atoms with Crippen LogP contribution in [0.2, 0.25) is 0 Å². The summed E-state index contributed by atoms with van der Waals surface area (Å²) < 4.78 is 2.07. The Morgan fingerprint density at radius 3 is 2.79 bits per heavy atom. The van der Waals surface area contributed by atoms with Crippen molar-refractivity contribution in [2.24, 2.45) is 11.7 Å². The fourth-order valence-corrected chi connectivity index (χ4v) is 3.48. The quantitative estimate of drug-likeness (QED) is 0.904. The SMILES string of the molecule is NC1CCC(C(=O)Cc2ccn(C3CCCC3)n2)C1. The number of ketones is 1. The number of nitrogens with zero attached hydrogens (tertiary/aromatic N) is 2. The molecule has 2 unspecified atom stereocenters. The summed E-state index contributed by atoms with van der Waals surface area (Å²) in [5, 5.41) is 4.59. The number of carbonyl (C=O) groups is 1. The second kappa shape index (κ2) is 5.45. The van der Waals surface area contributed by atoms with Crippen LogP contribution in [0.25, 0.3) is 0 Å². The first-order valence-electron chi connectivity index (χ1n) is 7.54. The second-order valence-corrected chi connectivity index (χ2v) is 6.14. The summed E-state index contributed by atoms with van der Waals surface area (Å²) in [4.78, 5) is 12.2. The molecule has 2 aliphatic carbocycles. The van der Waals surface area contributed by atoms with Gasteiger partial charge in [-0.15, -0.1) is 0 Å². The van der Waals surface area contributed by atoms with Crippen molar-refractivity contribution in [3.8, 4) is 0 Å². The summed E-state index contributed by atoms with van der Waals surface area (Å²) in [5.74, 6) is 0.497. The van der Waals surface area contributed by atoms with Gasteiger partial charge in [0.2, 0.25) is 0 Å². The third-order valence-corrected chi connectivity index (χ3v) is 4.65. The molecule has 0 aliphatic heterocycles. The van der Waals surface area contributed by atoms with Crippen LogP contribution < -0.4 is 5.73 Å². The van der Waals surface area contributed by atoms with Crippen LogP contribution in [0.4, 0.5) is 0 Å². The van der Waals surface area contributed by atoms with Crippen LogP contribution in [0.5, 0.6) is 0 Å². The monoisotopic (exact) mass is 261 g/mol. The minimum Gasteiger partial charge on any atom is -0.328 e. The third kappa shape index (κ3) is 2.89. The Morgan fingerprint density at radius 2 is 2.11 bits per heavy atom. The lowest BCUT2D eigenvalue weighted by Gasteiger charge is -2.09. The first-order valence-corrected chi connectivity index (χ1v) is 7.54. The van der Waals surface area contributed by atoms with Gasteiger partial charge in [-0.1, -0.05) is 12.8 Å². The Labute approximate surface area is 114 Å². The van der Waals surface area contributed by atoms with E-state index in [0.29, 0.717) is 18.2 Å². The molecule has 2 atom stereocenters. The van der Waals surface area contributed by atoms with Crippen LogP contribution >= 0.6 is 0 Å². The second-order valence-electron chi connectivity index (χ2n) is 6.14. The lowest BCUT2D eigenvalue weighted by Crippen LogP contribution is -2.19. The molecule has 4 heteroatoms. The van der Waals surface area contributed by atoms with Crippen LogP contribution in [0, 0.1) is 5.92 Å². The molecule has 1 aromatic rings. The Morgan fingerprint density at radius 1 is 1.32 bits per heavy atom. The minimum absolute atomic E-state index is 0.173. The maximum absolute atomic E-state index is 12.2. The van der Waals surface area contributed by atoms with Crippen molar-refractivity contribution < 1.29 is 4.79 Å². The molecule has 104 valence electrons. The molecular weight excluding hydrogens is 238 g/mol. The van der Waals surface area contributed by atoms with Crippen LogP contribution in [-0.4, -0.2) is 21.6 Å². The predicted molar refractivity (Wildman–Crippen MR) is 73.8 cm³/mol. The van der Waals surface area contributed by atoms with E-state index in [1.807, 2.05) is 12.3 Å². The summed E-state index contributed by atoms with van der Waals surface area (Å²) in [6.07, 6.45) is 10.4. The van der Waals surface area contributed by atoms with Crippen LogP contribution in [0.1, 0.15) is 56.7 Å². The van der Waals surface area contributed by atoms with E-state index in [9.17, 15) is 4.79 Å². The van der Waals surface area contributed by atoms with Gasteiger partial charge in [0.05, 0.1) is 18.2 Å². The molecule has 1 aromatic heterocycles. The van der Waals surface area contributed by atoms with Crippen LogP contribution in [-0.2, 0) is 11.2 Å². The molecule has 2 N–H and O–H groups in total. The summed E-state index contributed by atoms with van der Waals surface area (Å²) in [5.41, 5.74) is 6.80. The van der Waals surface area contributed by atoms with E-state index >= 15 is 0 Å². The Balaban J connectivity index is 1.59. The molecule has 0 bridgehead atoms. The molecular formula is C15H23N3O. The van der Waals surface area contributed by atoms with Crippen molar-refractivity contribution in [3.05, 3.63) is 18.0 Å². The summed E-state index contributed by atoms with van der Waals surface area (Å²) >= 11 is 0. The van der Waals surface area contributed by atoms with E-state index in [1.165, 1.54) is 25.7 Å². The molecule has 2 saturated carbocycles. The van der Waals surface area contributed by atoms with E-state index in [2.05, 4.69) is 9.78 Å². The Bertz CT molecular complexity index is 448. The molecule has 0 aromatic carbocycles. The number of aromatic nitrogens is 2. The zero-order valence-corrected chi connectivity index (χ0v) is 11.4. The first-order chi connectivity index (χ1) is 9.22. The van der Waals surface area contributed by atoms with Crippen molar-refractivity contribution in [1.29, 1.82) is 0 Å². The molecule has 0 amide bonds. The molecule has 19 heavy (non-hydrogen) atoms. The van der Waals surface area contributed by atoms with Crippen molar-refractivity contribution >= 4 is 5.78 Å². The normalized spacial score (nSPS) is 28.1. The van der Waals surface area contributed by atoms with Gasteiger partial charge in [0.1, 0.15) is 5.78 Å². The van der Waals surface area contributed by atoms with Crippen molar-refractivity contribution in [2.45, 2.75) is 63.5 Å². The summed E-state index contributed by atoms with van der Waals surface area (Å²) in [6, 6.07) is 2.79. The number of hydrogen-bond acceptors (Lipinski definition) is 3. The molecule has 0 saturated heterocycles. The number of nitrogens with two attached hydrogens (primary N) is 1. The highest BCUT2D eigenvalue weighted by atomic mass is 16.1. The smallest absolute Gasteiger partial charge is 0.142 e. The van der Waals surface area contributed by atoms with Gasteiger partial charge in [0.25, 0.3) is 0 Å². The number of hydrogen-bond donors (Lipinski definition) is 1. The van der Waals surface area contributed by atoms with Gasteiger partial charge in [-0.2, -0.15) is 5.10 Å². The molecule has 2 fully saturated rings. The van der Waals surface area contributed by atoms with Gasteiger partial charge >= 0.3 is 0 Å². The molecule has 4 nitrogen and oxygen atoms in total. The zero-order valence-electron chi connectivity index (χ0n) is 11.4. The molecule has 0 radical (unpaired) electrons. The highest BCUT2D eigenvalue weighted by molar-refractivity contribution is 5.83. The minimum atomic E-state index is 0.173. The zero-order chi connectivity index (χ0) is 13.2. The molecule has 0 spiro atoms. The van der Waals surface area contributed by atoms with E-state index in [1.54, 1.807) is 0 Å². The fraction of sp³-hybridized carbons (Fsp3) is 0.733. The largest absolute Gasteiger partial charge is 0.328 e. The molecule has 3 rings (SSSR count). The predicted octanol–water partition coefficient (Wildman–Crippen LogP) is 2.24. The lowest BCUT2D eigenvalue weighted by molar-refractivity contribution is -0.122. The lowest BCUT2D eigenvalue weighted by atomic mass is 9.99. The van der Waals surface area contributed by atoms with E-state index in [4.69, 9.17) is 5.73 Å². The van der Waals surface area contributed by atoms with E-state index in [0.717, 1.165) is 25.0 Å². The van der Waals surface area contributed by atoms with Gasteiger partial charge in [-0.3, -0.25) is 9.48 Å². The van der Waals surface area contributed by atoms with Crippen molar-refractivity contribution in [3.63, 3.8) is 0 Å². The van der Waals surface area contributed by atoms with Gasteiger partial charge in [-0.05, 0) is 38.2 Å². The van der Waals surface area contributed by atoms with Gasteiger partial charge < -0.3 is 5.73 Å². The highest BCUT2D eigenvalue weighted by Crippen LogP contribution is 2.29. The van der Waals surface area contributed by atoms with Gasteiger partial charge in [0.15, 0.2) is 0 Å². The maximum atomic E-state index is 12.2. The topological polar surface area (TPSA) is 60.9 Å². The number of Topliss-reactive ketones (excluding diaryl/α,β-unsaturated/α-hetero) is 1. The third-order valence-electron chi connectivity index (χ3n) is 4.65. The average Bonchev–Trinajstić information content (AvgIpc) is 3.07. The maximum Gasteiger partial charge on any atom is 0.142 e. The van der Waals surface area contributed by atoms with Crippen molar-refractivity contribution in [2.75, 3.05) is 0 Å². The Hall–Kier alpha value is -1.16. The highest BCUT2D eigenvalue weighted by Gasteiger charge is 2.28. The van der Waals surface area contributed by atoms with E-state index < -0.39 is 0 Å². The average molecular weight is 261 g/mol. The van der Waals surface area contributed by atoms with Crippen LogP contribution in [0.3, 0.4) is 0 Å². The van der Waals surface area contributed by atoms with Crippen LogP contribution in [0.15, 0.2) is 12.3 Å². The first kappa shape index (κ1) is 12.9.